The predicted octanol–water partition coefficient (Wildman–Crippen LogP) is 0.00300. The fraction of sp³-hybridized carbons (Fsp3) is 0.900. The smallest absolute Gasteiger partial charge is 0.210 e. The van der Waals surface area contributed by atoms with Gasteiger partial charge < -0.3 is 14.7 Å². The predicted molar refractivity (Wildman–Crippen MR) is 50.7 cm³/mol. The van der Waals surface area contributed by atoms with Gasteiger partial charge in [0.05, 0.1) is 24.9 Å². The van der Waals surface area contributed by atoms with E-state index >= 15 is 0 Å². The van der Waals surface area contributed by atoms with Crippen LogP contribution in [0.2, 0.25) is 0 Å². The minimum Gasteiger partial charge on any atom is -0.393 e. The van der Waals surface area contributed by atoms with Crippen molar-refractivity contribution in [1.82, 2.24) is 4.90 Å². The molecule has 0 aromatic carbocycles. The van der Waals surface area contributed by atoms with Crippen LogP contribution in [0, 0.1) is 5.92 Å². The first-order valence-electron chi connectivity index (χ1n) is 5.21. The van der Waals surface area contributed by atoms with Crippen molar-refractivity contribution in [1.29, 1.82) is 0 Å². The third-order valence-corrected chi connectivity index (χ3v) is 3.27. The lowest BCUT2D eigenvalue weighted by molar-refractivity contribution is -0.140. The van der Waals surface area contributed by atoms with Crippen molar-refractivity contribution in [2.24, 2.45) is 5.92 Å². The van der Waals surface area contributed by atoms with Gasteiger partial charge in [-0.15, -0.1) is 0 Å². The molecule has 0 aromatic heterocycles. The van der Waals surface area contributed by atoms with Crippen molar-refractivity contribution in [2.75, 3.05) is 13.2 Å². The van der Waals surface area contributed by atoms with E-state index in [1.165, 1.54) is 0 Å². The van der Waals surface area contributed by atoms with Crippen LogP contribution in [0.1, 0.15) is 19.8 Å². The number of amides is 1. The number of morpholine rings is 1. The Balaban J connectivity index is 1.93. The zero-order chi connectivity index (χ0) is 10.1. The number of ether oxygens (including phenoxy) is 1. The van der Waals surface area contributed by atoms with Crippen molar-refractivity contribution in [3.05, 3.63) is 0 Å². The van der Waals surface area contributed by atoms with E-state index in [2.05, 4.69) is 0 Å². The van der Waals surface area contributed by atoms with E-state index in [4.69, 9.17) is 4.74 Å². The third kappa shape index (κ3) is 1.77. The topological polar surface area (TPSA) is 49.8 Å². The molecule has 2 rings (SSSR count). The summed E-state index contributed by atoms with van der Waals surface area (Å²) in [5, 5.41) is 9.21. The lowest BCUT2D eigenvalue weighted by Crippen LogP contribution is -2.54. The van der Waals surface area contributed by atoms with E-state index in [0.29, 0.717) is 19.1 Å². The highest BCUT2D eigenvalue weighted by Crippen LogP contribution is 2.34. The first-order valence-corrected chi connectivity index (χ1v) is 5.21. The second-order valence-electron chi connectivity index (χ2n) is 4.40. The minimum absolute atomic E-state index is 0.140. The molecule has 2 atom stereocenters. The van der Waals surface area contributed by atoms with Gasteiger partial charge in [0, 0.05) is 6.54 Å². The quantitative estimate of drug-likeness (QED) is 0.637. The van der Waals surface area contributed by atoms with Crippen molar-refractivity contribution in [3.8, 4) is 0 Å². The Morgan fingerprint density at radius 2 is 2.21 bits per heavy atom. The fourth-order valence-electron chi connectivity index (χ4n) is 2.32. The second-order valence-corrected chi connectivity index (χ2v) is 4.40. The molecule has 1 aliphatic carbocycles. The summed E-state index contributed by atoms with van der Waals surface area (Å²) in [7, 11) is 0. The van der Waals surface area contributed by atoms with E-state index < -0.39 is 0 Å². The number of carbonyl (C=O) groups is 1. The van der Waals surface area contributed by atoms with Gasteiger partial charge in [0.2, 0.25) is 6.41 Å². The molecule has 80 valence electrons. The lowest BCUT2D eigenvalue weighted by atomic mass is 9.76. The molecule has 0 spiro atoms. The summed E-state index contributed by atoms with van der Waals surface area (Å²) in [6, 6.07) is 0.187. The molecule has 0 aromatic rings. The van der Waals surface area contributed by atoms with Gasteiger partial charge >= 0.3 is 0 Å². The summed E-state index contributed by atoms with van der Waals surface area (Å²) in [6.45, 7) is 3.28. The number of hydrogen-bond acceptors (Lipinski definition) is 3. The van der Waals surface area contributed by atoms with E-state index in [0.717, 1.165) is 19.3 Å². The maximum atomic E-state index is 10.8. The van der Waals surface area contributed by atoms with Crippen molar-refractivity contribution in [2.45, 2.75) is 38.0 Å². The summed E-state index contributed by atoms with van der Waals surface area (Å²) in [6.07, 6.45) is 2.52. The maximum Gasteiger partial charge on any atom is 0.210 e. The maximum absolute atomic E-state index is 10.8. The summed E-state index contributed by atoms with van der Waals surface area (Å²) in [5.41, 5.74) is 0. The highest BCUT2D eigenvalue weighted by molar-refractivity contribution is 5.48. The van der Waals surface area contributed by atoms with Crippen molar-refractivity contribution in [3.63, 3.8) is 0 Å². The standard InChI is InChI=1S/C10H17NO3/c1-7-4-11(6-12)10(5-14-7)8-2-9(13)3-8/h6-10,13H,2-5H2,1H3. The van der Waals surface area contributed by atoms with Gasteiger partial charge in [0.1, 0.15) is 0 Å². The molecular weight excluding hydrogens is 182 g/mol. The van der Waals surface area contributed by atoms with Gasteiger partial charge in [0.15, 0.2) is 0 Å². The van der Waals surface area contributed by atoms with Crippen molar-refractivity contribution < 1.29 is 14.6 Å². The second kappa shape index (κ2) is 3.87. The molecular formula is C10H17NO3. The van der Waals surface area contributed by atoms with Crippen molar-refractivity contribution >= 4 is 6.41 Å². The van der Waals surface area contributed by atoms with Gasteiger partial charge in [-0.2, -0.15) is 0 Å². The Kier molecular flexibility index (Phi) is 2.74. The third-order valence-electron chi connectivity index (χ3n) is 3.27. The van der Waals surface area contributed by atoms with Crippen LogP contribution in [-0.2, 0) is 9.53 Å². The van der Waals surface area contributed by atoms with Crippen LogP contribution in [0.25, 0.3) is 0 Å². The van der Waals surface area contributed by atoms with Crippen LogP contribution in [0.5, 0.6) is 0 Å². The fourth-order valence-corrected chi connectivity index (χ4v) is 2.32. The Morgan fingerprint density at radius 1 is 1.50 bits per heavy atom. The van der Waals surface area contributed by atoms with Crippen LogP contribution in [-0.4, -0.2) is 47.8 Å². The molecule has 2 fully saturated rings. The van der Waals surface area contributed by atoms with Gasteiger partial charge in [-0.1, -0.05) is 0 Å². The molecule has 1 amide bonds. The lowest BCUT2D eigenvalue weighted by Gasteiger charge is -2.45. The van der Waals surface area contributed by atoms with Gasteiger partial charge in [-0.25, -0.2) is 0 Å². The molecule has 1 heterocycles. The Labute approximate surface area is 83.8 Å². The average Bonchev–Trinajstić information content (AvgIpc) is 2.13. The first-order chi connectivity index (χ1) is 6.70. The molecule has 1 aliphatic heterocycles. The van der Waals surface area contributed by atoms with E-state index in [1.807, 2.05) is 11.8 Å². The highest BCUT2D eigenvalue weighted by atomic mass is 16.5. The molecule has 4 nitrogen and oxygen atoms in total. The van der Waals surface area contributed by atoms with Gasteiger partial charge in [-0.3, -0.25) is 4.79 Å². The normalized spacial score (nSPS) is 43.1. The zero-order valence-corrected chi connectivity index (χ0v) is 8.43. The first kappa shape index (κ1) is 9.93. The summed E-state index contributed by atoms with van der Waals surface area (Å²) >= 11 is 0. The number of hydrogen-bond donors (Lipinski definition) is 1. The number of carbonyl (C=O) groups excluding carboxylic acids is 1. The molecule has 0 bridgehead atoms. The molecule has 2 unspecified atom stereocenters. The van der Waals surface area contributed by atoms with E-state index in [9.17, 15) is 9.90 Å². The largest absolute Gasteiger partial charge is 0.393 e. The number of nitrogens with zero attached hydrogens (tertiary/aromatic N) is 1. The number of rotatable bonds is 2. The minimum atomic E-state index is -0.159. The number of aliphatic hydroxyl groups is 1. The Morgan fingerprint density at radius 3 is 2.79 bits per heavy atom. The molecule has 1 saturated heterocycles. The van der Waals surface area contributed by atoms with Crippen LogP contribution in [0.4, 0.5) is 0 Å². The van der Waals surface area contributed by atoms with E-state index in [-0.39, 0.29) is 18.2 Å². The van der Waals surface area contributed by atoms with Crippen LogP contribution in [0.15, 0.2) is 0 Å². The molecule has 1 N–H and O–H groups in total. The number of aliphatic hydroxyl groups excluding tert-OH is 1. The van der Waals surface area contributed by atoms with E-state index in [1.54, 1.807) is 0 Å². The van der Waals surface area contributed by atoms with Crippen LogP contribution in [0.3, 0.4) is 0 Å². The molecule has 2 aliphatic rings. The van der Waals surface area contributed by atoms with Crippen LogP contribution >= 0.6 is 0 Å². The summed E-state index contributed by atoms with van der Waals surface area (Å²) in [5.74, 6) is 0.433. The average molecular weight is 199 g/mol. The van der Waals surface area contributed by atoms with Crippen LogP contribution < -0.4 is 0 Å². The summed E-state index contributed by atoms with van der Waals surface area (Å²) in [4.78, 5) is 12.7. The summed E-state index contributed by atoms with van der Waals surface area (Å²) < 4.78 is 5.53. The molecule has 14 heavy (non-hydrogen) atoms. The highest BCUT2D eigenvalue weighted by Gasteiger charge is 2.39. The van der Waals surface area contributed by atoms with Gasteiger partial charge in [0.25, 0.3) is 0 Å². The Bertz CT molecular complexity index is 215. The Hall–Kier alpha value is -0.610. The molecule has 0 radical (unpaired) electrons. The molecule has 4 heteroatoms. The SMILES string of the molecule is CC1CN(C=O)C(C2CC(O)C2)CO1. The van der Waals surface area contributed by atoms with Gasteiger partial charge in [-0.05, 0) is 25.7 Å². The zero-order valence-electron chi connectivity index (χ0n) is 8.43. The molecule has 1 saturated carbocycles. The monoisotopic (exact) mass is 199 g/mol.